The molecule has 0 N–H and O–H groups in total. The van der Waals surface area contributed by atoms with Gasteiger partial charge in [-0.2, -0.15) is 0 Å². The first-order chi connectivity index (χ1) is 6.91. The third-order valence-corrected chi connectivity index (χ3v) is 5.41. The van der Waals surface area contributed by atoms with E-state index in [0.717, 1.165) is 6.42 Å². The molecule has 0 saturated carbocycles. The summed E-state index contributed by atoms with van der Waals surface area (Å²) >= 11 is 0. The van der Waals surface area contributed by atoms with E-state index >= 15 is 0 Å². The molecule has 1 aliphatic rings. The lowest BCUT2D eigenvalue weighted by atomic mass is 10.0. The van der Waals surface area contributed by atoms with Crippen LogP contribution in [0.4, 0.5) is 0 Å². The Morgan fingerprint density at radius 1 is 1.33 bits per heavy atom. The predicted molar refractivity (Wildman–Crippen MR) is 70.8 cm³/mol. The number of nitrogens with zero attached hydrogens (tertiary/aromatic N) is 2. The lowest BCUT2D eigenvalue weighted by Gasteiger charge is -2.53. The fourth-order valence-corrected chi connectivity index (χ4v) is 5.20. The van der Waals surface area contributed by atoms with Gasteiger partial charge in [-0.3, -0.25) is 0 Å². The first-order valence-electron chi connectivity index (χ1n) is 6.10. The van der Waals surface area contributed by atoms with Crippen molar-refractivity contribution in [2.75, 3.05) is 0 Å². The predicted octanol–water partition coefficient (Wildman–Crippen LogP) is 3.32. The highest BCUT2D eigenvalue weighted by atomic mass is 28.3. The molecule has 2 unspecified atom stereocenters. The Morgan fingerprint density at radius 3 is 2.33 bits per heavy atom. The van der Waals surface area contributed by atoms with Crippen molar-refractivity contribution in [1.82, 2.24) is 4.57 Å². The Hall–Kier alpha value is -0.283. The van der Waals surface area contributed by atoms with Crippen molar-refractivity contribution in [3.63, 3.8) is 0 Å². The van der Waals surface area contributed by atoms with Gasteiger partial charge >= 0.3 is 0 Å². The number of aliphatic imine (C=N–C) groups is 1. The summed E-state index contributed by atoms with van der Waals surface area (Å²) in [5, 5.41) is 0. The molecule has 0 aromatic carbocycles. The topological polar surface area (TPSA) is 15.6 Å². The zero-order valence-corrected chi connectivity index (χ0v) is 12.0. The molecular weight excluding hydrogens is 200 g/mol. The molecule has 3 heteroatoms. The maximum atomic E-state index is 4.62. The molecule has 1 aliphatic heterocycles. The summed E-state index contributed by atoms with van der Waals surface area (Å²) in [6.07, 6.45) is 4.40. The second kappa shape index (κ2) is 4.70. The van der Waals surface area contributed by atoms with Crippen LogP contribution in [0.2, 0.25) is 19.6 Å². The molecule has 0 fully saturated rings. The van der Waals surface area contributed by atoms with Gasteiger partial charge in [-0.1, -0.05) is 53.3 Å². The largest absolute Gasteiger partial charge is 0.452 e. The highest BCUT2D eigenvalue weighted by Crippen LogP contribution is 2.31. The van der Waals surface area contributed by atoms with E-state index in [1.54, 1.807) is 0 Å². The van der Waals surface area contributed by atoms with Crippen LogP contribution in [0.1, 0.15) is 33.6 Å². The van der Waals surface area contributed by atoms with Crippen molar-refractivity contribution >= 4 is 14.5 Å². The standard InChI is InChI=1S/C12H25N2Si/c1-7-11-12(8-2)14(15(4,5)6)10(3)9-13-11/h9-10,12H,7-8H2,1-6H3/q-1. The first-order valence-corrected chi connectivity index (χ1v) is 9.54. The maximum absolute atomic E-state index is 4.62. The quantitative estimate of drug-likeness (QED) is 0.531. The van der Waals surface area contributed by atoms with E-state index in [0.29, 0.717) is 12.1 Å². The van der Waals surface area contributed by atoms with Crippen LogP contribution in [0.15, 0.2) is 4.99 Å². The summed E-state index contributed by atoms with van der Waals surface area (Å²) in [6, 6.07) is 2.47. The van der Waals surface area contributed by atoms with Crippen molar-refractivity contribution in [1.29, 1.82) is 0 Å². The highest BCUT2D eigenvalue weighted by Gasteiger charge is 2.33. The summed E-state index contributed by atoms with van der Waals surface area (Å²) < 4.78 is 2.72. The van der Waals surface area contributed by atoms with Gasteiger partial charge < -0.3 is 9.56 Å². The molecule has 0 aromatic heterocycles. The smallest absolute Gasteiger partial charge is 0.117 e. The second-order valence-electron chi connectivity index (χ2n) is 5.37. The van der Waals surface area contributed by atoms with Gasteiger partial charge in [0, 0.05) is 0 Å². The fraction of sp³-hybridized carbons (Fsp3) is 0.833. The van der Waals surface area contributed by atoms with Crippen LogP contribution in [-0.4, -0.2) is 31.1 Å². The van der Waals surface area contributed by atoms with E-state index in [1.807, 2.05) is 0 Å². The molecule has 0 bridgehead atoms. The molecule has 0 radical (unpaired) electrons. The van der Waals surface area contributed by atoms with Crippen LogP contribution in [0.5, 0.6) is 0 Å². The van der Waals surface area contributed by atoms with E-state index in [9.17, 15) is 0 Å². The average Bonchev–Trinajstić information content (AvgIpc) is 2.15. The van der Waals surface area contributed by atoms with Crippen molar-refractivity contribution in [3.8, 4) is 0 Å². The zero-order valence-electron chi connectivity index (χ0n) is 11.0. The van der Waals surface area contributed by atoms with Crippen molar-refractivity contribution < 1.29 is 0 Å². The van der Waals surface area contributed by atoms with Gasteiger partial charge in [-0.15, -0.1) is 12.3 Å². The Balaban J connectivity index is 2.96. The van der Waals surface area contributed by atoms with Gasteiger partial charge in [0.2, 0.25) is 0 Å². The summed E-state index contributed by atoms with van der Waals surface area (Å²) in [7, 11) is -1.24. The normalized spacial score (nSPS) is 28.5. The SMILES string of the molecule is CC[C-]1N=CC(C)N([Si](C)(C)C)C1CC. The van der Waals surface area contributed by atoms with Crippen LogP contribution in [-0.2, 0) is 0 Å². The first kappa shape index (κ1) is 12.8. The van der Waals surface area contributed by atoms with Crippen LogP contribution < -0.4 is 0 Å². The lowest BCUT2D eigenvalue weighted by molar-refractivity contribution is 0.279. The maximum Gasteiger partial charge on any atom is 0.117 e. The Labute approximate surface area is 95.9 Å². The Bertz CT molecular complexity index is 232. The molecule has 0 amide bonds. The van der Waals surface area contributed by atoms with E-state index in [2.05, 4.69) is 56.2 Å². The summed E-state index contributed by atoms with van der Waals surface area (Å²) in [4.78, 5) is 4.62. The van der Waals surface area contributed by atoms with E-state index < -0.39 is 8.24 Å². The molecule has 1 heterocycles. The summed E-state index contributed by atoms with van der Waals surface area (Å²) in [6.45, 7) is 14.1. The van der Waals surface area contributed by atoms with Gasteiger partial charge in [0.05, 0.1) is 0 Å². The molecule has 2 nitrogen and oxygen atoms in total. The highest BCUT2D eigenvalue weighted by molar-refractivity contribution is 6.73. The third kappa shape index (κ3) is 2.64. The average molecular weight is 225 g/mol. The van der Waals surface area contributed by atoms with Crippen LogP contribution >= 0.6 is 0 Å². The number of hydrogen-bond acceptors (Lipinski definition) is 2. The van der Waals surface area contributed by atoms with Crippen molar-refractivity contribution in [2.45, 2.75) is 65.3 Å². The Kier molecular flexibility index (Phi) is 4.01. The van der Waals surface area contributed by atoms with E-state index in [-0.39, 0.29) is 0 Å². The number of hydrogen-bond donors (Lipinski definition) is 0. The molecule has 2 atom stereocenters. The fourth-order valence-electron chi connectivity index (χ4n) is 2.64. The molecular formula is C12H25N2Si-. The second-order valence-corrected chi connectivity index (χ2v) is 10.2. The van der Waals surface area contributed by atoms with E-state index in [4.69, 9.17) is 0 Å². The third-order valence-electron chi connectivity index (χ3n) is 3.14. The lowest BCUT2D eigenvalue weighted by Crippen LogP contribution is -2.59. The van der Waals surface area contributed by atoms with Gasteiger partial charge in [0.1, 0.15) is 8.24 Å². The molecule has 88 valence electrons. The minimum atomic E-state index is -1.24. The Morgan fingerprint density at radius 2 is 1.93 bits per heavy atom. The van der Waals surface area contributed by atoms with Crippen LogP contribution in [0.3, 0.4) is 0 Å². The van der Waals surface area contributed by atoms with E-state index in [1.165, 1.54) is 12.5 Å². The summed E-state index contributed by atoms with van der Waals surface area (Å²) in [5.41, 5.74) is 0. The summed E-state index contributed by atoms with van der Waals surface area (Å²) in [5.74, 6) is 0. The van der Waals surface area contributed by atoms with Crippen molar-refractivity contribution in [3.05, 3.63) is 6.04 Å². The van der Waals surface area contributed by atoms with Gasteiger partial charge in [0.15, 0.2) is 0 Å². The minimum Gasteiger partial charge on any atom is -0.452 e. The molecule has 0 spiro atoms. The molecule has 0 aliphatic carbocycles. The molecule has 0 aromatic rings. The monoisotopic (exact) mass is 225 g/mol. The van der Waals surface area contributed by atoms with Gasteiger partial charge in [-0.05, 0) is 12.1 Å². The molecule has 0 saturated heterocycles. The number of rotatable bonds is 3. The zero-order chi connectivity index (χ0) is 11.6. The van der Waals surface area contributed by atoms with Crippen LogP contribution in [0, 0.1) is 6.04 Å². The van der Waals surface area contributed by atoms with Crippen LogP contribution in [0.25, 0.3) is 0 Å². The van der Waals surface area contributed by atoms with Gasteiger partial charge in [0.25, 0.3) is 0 Å². The van der Waals surface area contributed by atoms with Crippen molar-refractivity contribution in [2.24, 2.45) is 4.99 Å². The molecule has 15 heavy (non-hydrogen) atoms. The minimum absolute atomic E-state index is 0.511. The molecule has 1 rings (SSSR count). The van der Waals surface area contributed by atoms with Gasteiger partial charge in [-0.25, -0.2) is 0 Å².